The van der Waals surface area contributed by atoms with Crippen LogP contribution >= 0.6 is 0 Å². The highest BCUT2D eigenvalue weighted by atomic mass is 32.2. The Morgan fingerprint density at radius 1 is 1.22 bits per heavy atom. The van der Waals surface area contributed by atoms with Crippen LogP contribution in [0.5, 0.6) is 0 Å². The van der Waals surface area contributed by atoms with Crippen LogP contribution in [0.1, 0.15) is 44.6 Å². The highest BCUT2D eigenvalue weighted by molar-refractivity contribution is 7.90. The fourth-order valence-electron chi connectivity index (χ4n) is 2.59. The Balaban J connectivity index is 1.86. The Hall–Kier alpha value is -1.40. The maximum absolute atomic E-state index is 12.3. The zero-order valence-electron chi connectivity index (χ0n) is 14.0. The summed E-state index contributed by atoms with van der Waals surface area (Å²) in [5.41, 5.74) is 1.03. The molecule has 6 heteroatoms. The molecule has 0 aliphatic carbocycles. The van der Waals surface area contributed by atoms with Crippen LogP contribution in [0.15, 0.2) is 34.2 Å². The lowest BCUT2D eigenvalue weighted by Crippen LogP contribution is -2.46. The molecule has 1 aliphatic heterocycles. The molecular weight excluding hydrogens is 310 g/mol. The molecular formula is C17H27N3O2S. The van der Waals surface area contributed by atoms with Crippen molar-refractivity contribution >= 4 is 15.9 Å². The van der Waals surface area contributed by atoms with Gasteiger partial charge in [-0.2, -0.15) is 0 Å². The monoisotopic (exact) mass is 337 g/mol. The van der Waals surface area contributed by atoms with E-state index < -0.39 is 10.0 Å². The summed E-state index contributed by atoms with van der Waals surface area (Å²) >= 11 is 0. The van der Waals surface area contributed by atoms with E-state index in [1.165, 1.54) is 25.7 Å². The number of rotatable bonds is 7. The third-order valence-electron chi connectivity index (χ3n) is 4.05. The van der Waals surface area contributed by atoms with Crippen molar-refractivity contribution in [1.82, 2.24) is 10.0 Å². The first-order valence-electron chi connectivity index (χ1n) is 8.37. The topological polar surface area (TPSA) is 70.6 Å². The van der Waals surface area contributed by atoms with Crippen molar-refractivity contribution in [2.75, 3.05) is 13.1 Å². The van der Waals surface area contributed by atoms with Gasteiger partial charge in [-0.3, -0.25) is 9.71 Å². The second-order valence-electron chi connectivity index (χ2n) is 6.13. The lowest BCUT2D eigenvalue weighted by Gasteiger charge is -2.23. The summed E-state index contributed by atoms with van der Waals surface area (Å²) in [6.45, 7) is 5.25. The number of hydrogen-bond acceptors (Lipinski definition) is 4. The summed E-state index contributed by atoms with van der Waals surface area (Å²) in [6.07, 6.45) is 6.07. The zero-order valence-corrected chi connectivity index (χ0v) is 14.8. The summed E-state index contributed by atoms with van der Waals surface area (Å²) in [7, 11) is -3.54. The van der Waals surface area contributed by atoms with Gasteiger partial charge in [-0.05, 0) is 25.5 Å². The van der Waals surface area contributed by atoms with E-state index in [9.17, 15) is 8.42 Å². The molecule has 1 aliphatic rings. The van der Waals surface area contributed by atoms with Crippen LogP contribution in [0.4, 0.5) is 0 Å². The van der Waals surface area contributed by atoms with Gasteiger partial charge in [-0.15, -0.1) is 0 Å². The largest absolute Gasteiger partial charge is 0.305 e. The Morgan fingerprint density at radius 2 is 1.96 bits per heavy atom. The molecule has 0 saturated carbocycles. The summed E-state index contributed by atoms with van der Waals surface area (Å²) in [5.74, 6) is 0.496. The van der Waals surface area contributed by atoms with Crippen LogP contribution < -0.4 is 10.0 Å². The number of aliphatic imine (C=N–C) groups is 1. The molecule has 23 heavy (non-hydrogen) atoms. The SMILES string of the molecule is CCCCCCC1CN=C(NS(=O)(=O)c2ccc(C)cc2)CN1. The van der Waals surface area contributed by atoms with Gasteiger partial charge in [0.1, 0.15) is 5.84 Å². The van der Waals surface area contributed by atoms with Crippen LogP contribution in [0.25, 0.3) is 0 Å². The number of unbranched alkanes of at least 4 members (excludes halogenated alkanes) is 3. The quantitative estimate of drug-likeness (QED) is 0.751. The van der Waals surface area contributed by atoms with Gasteiger partial charge >= 0.3 is 0 Å². The van der Waals surface area contributed by atoms with Gasteiger partial charge in [0.25, 0.3) is 10.0 Å². The van der Waals surface area contributed by atoms with Gasteiger partial charge in [-0.25, -0.2) is 8.42 Å². The summed E-state index contributed by atoms with van der Waals surface area (Å²) in [6, 6.07) is 7.18. The van der Waals surface area contributed by atoms with Crippen molar-refractivity contribution in [3.05, 3.63) is 29.8 Å². The normalized spacial score (nSPS) is 18.5. The van der Waals surface area contributed by atoms with Crippen LogP contribution in [-0.2, 0) is 10.0 Å². The van der Waals surface area contributed by atoms with Gasteiger partial charge < -0.3 is 5.32 Å². The van der Waals surface area contributed by atoms with Gasteiger partial charge in [0.05, 0.1) is 18.0 Å². The highest BCUT2D eigenvalue weighted by Crippen LogP contribution is 2.11. The van der Waals surface area contributed by atoms with Crippen molar-refractivity contribution < 1.29 is 8.42 Å². The third-order valence-corrected chi connectivity index (χ3v) is 5.45. The first-order chi connectivity index (χ1) is 11.0. The zero-order chi connectivity index (χ0) is 16.7. The molecule has 0 amide bonds. The molecule has 2 N–H and O–H groups in total. The summed E-state index contributed by atoms with van der Waals surface area (Å²) in [5, 5.41) is 3.37. The van der Waals surface area contributed by atoms with E-state index in [1.54, 1.807) is 24.3 Å². The Bertz CT molecular complexity index is 624. The standard InChI is InChI=1S/C17H27N3O2S/c1-3-4-5-6-7-15-12-19-17(13-18-15)20-23(21,22)16-10-8-14(2)9-11-16/h8-11,15,18H,3-7,12-13H2,1-2H3,(H,19,20). The number of hydrogen-bond donors (Lipinski definition) is 2. The molecule has 0 aromatic heterocycles. The highest BCUT2D eigenvalue weighted by Gasteiger charge is 2.20. The number of aryl methyl sites for hydroxylation is 1. The Morgan fingerprint density at radius 3 is 2.57 bits per heavy atom. The lowest BCUT2D eigenvalue weighted by molar-refractivity contribution is 0.471. The molecule has 0 fully saturated rings. The molecule has 1 aromatic carbocycles. The minimum atomic E-state index is -3.54. The van der Waals surface area contributed by atoms with E-state index >= 15 is 0 Å². The molecule has 0 bridgehead atoms. The van der Waals surface area contributed by atoms with E-state index in [-0.39, 0.29) is 4.90 Å². The van der Waals surface area contributed by atoms with Crippen molar-refractivity contribution in [2.45, 2.75) is 56.9 Å². The summed E-state index contributed by atoms with van der Waals surface area (Å²) < 4.78 is 27.2. The second-order valence-corrected chi connectivity index (χ2v) is 7.82. The minimum Gasteiger partial charge on any atom is -0.305 e. The molecule has 2 rings (SSSR count). The molecule has 0 saturated heterocycles. The van der Waals surface area contributed by atoms with Crippen molar-refractivity contribution in [1.29, 1.82) is 0 Å². The number of sulfonamides is 1. The van der Waals surface area contributed by atoms with Crippen LogP contribution in [0.3, 0.4) is 0 Å². The van der Waals surface area contributed by atoms with E-state index in [2.05, 4.69) is 22.0 Å². The van der Waals surface area contributed by atoms with Crippen molar-refractivity contribution in [3.8, 4) is 0 Å². The number of nitrogens with zero attached hydrogens (tertiary/aromatic N) is 1. The average molecular weight is 337 g/mol. The fourth-order valence-corrected chi connectivity index (χ4v) is 3.65. The van der Waals surface area contributed by atoms with E-state index in [4.69, 9.17) is 0 Å². The molecule has 1 atom stereocenters. The maximum Gasteiger partial charge on any atom is 0.262 e. The molecule has 128 valence electrons. The Kier molecular flexibility index (Phi) is 6.59. The molecule has 5 nitrogen and oxygen atoms in total. The van der Waals surface area contributed by atoms with E-state index in [0.717, 1.165) is 12.0 Å². The van der Waals surface area contributed by atoms with Crippen LogP contribution in [-0.4, -0.2) is 33.4 Å². The molecule has 1 heterocycles. The average Bonchev–Trinajstić information content (AvgIpc) is 2.53. The van der Waals surface area contributed by atoms with Gasteiger partial charge in [0, 0.05) is 6.04 Å². The fraction of sp³-hybridized carbons (Fsp3) is 0.588. The van der Waals surface area contributed by atoms with Crippen molar-refractivity contribution in [2.24, 2.45) is 4.99 Å². The molecule has 0 spiro atoms. The van der Waals surface area contributed by atoms with Gasteiger partial charge in [0.2, 0.25) is 0 Å². The van der Waals surface area contributed by atoms with Crippen LogP contribution in [0.2, 0.25) is 0 Å². The first-order valence-corrected chi connectivity index (χ1v) is 9.86. The summed E-state index contributed by atoms with van der Waals surface area (Å²) in [4.78, 5) is 4.67. The van der Waals surface area contributed by atoms with E-state index in [1.807, 2.05) is 6.92 Å². The molecule has 1 aromatic rings. The van der Waals surface area contributed by atoms with Gasteiger partial charge in [0.15, 0.2) is 0 Å². The number of nitrogens with one attached hydrogen (secondary N) is 2. The van der Waals surface area contributed by atoms with Crippen LogP contribution in [0, 0.1) is 6.92 Å². The predicted octanol–water partition coefficient (Wildman–Crippen LogP) is 2.61. The number of benzene rings is 1. The van der Waals surface area contributed by atoms with Crippen molar-refractivity contribution in [3.63, 3.8) is 0 Å². The predicted molar refractivity (Wildman–Crippen MR) is 94.4 cm³/mol. The van der Waals surface area contributed by atoms with Gasteiger partial charge in [-0.1, -0.05) is 50.3 Å². The first kappa shape index (κ1) is 17.9. The lowest BCUT2D eigenvalue weighted by atomic mass is 10.1. The third kappa shape index (κ3) is 5.62. The smallest absolute Gasteiger partial charge is 0.262 e. The Labute approximate surface area is 139 Å². The maximum atomic E-state index is 12.3. The second kappa shape index (κ2) is 8.45. The molecule has 0 radical (unpaired) electrons. The number of amidine groups is 1. The minimum absolute atomic E-state index is 0.271. The van der Waals surface area contributed by atoms with E-state index in [0.29, 0.717) is 25.0 Å². The molecule has 1 unspecified atom stereocenters.